The van der Waals surface area contributed by atoms with Gasteiger partial charge in [-0.2, -0.15) is 40.2 Å². The molecule has 2 aromatic heterocycles. The molecule has 0 spiro atoms. The summed E-state index contributed by atoms with van der Waals surface area (Å²) in [5.41, 5.74) is 1.75. The molecule has 0 radical (unpaired) electrons. The third kappa shape index (κ3) is 18.1. The van der Waals surface area contributed by atoms with Crippen molar-refractivity contribution in [1.29, 1.82) is 0 Å². The van der Waals surface area contributed by atoms with Crippen LogP contribution in [0.5, 0.6) is 0 Å². The summed E-state index contributed by atoms with van der Waals surface area (Å²) < 4.78 is 171. The van der Waals surface area contributed by atoms with Gasteiger partial charge in [0.2, 0.25) is 17.8 Å². The molecular weight excluding hydrogens is 1300 g/mol. The van der Waals surface area contributed by atoms with Crippen LogP contribution in [0.1, 0.15) is 74.9 Å². The maximum Gasteiger partial charge on any atom is 0.407 e. The number of carbonyl (C=O) groups is 6. The van der Waals surface area contributed by atoms with Crippen LogP contribution in [-0.4, -0.2) is 192 Å². The second-order valence-electron chi connectivity index (χ2n) is 24.8. The summed E-state index contributed by atoms with van der Waals surface area (Å²) in [6, 6.07) is 9.11. The molecule has 5 heterocycles. The maximum atomic E-state index is 16.6. The lowest BCUT2D eigenvalue weighted by Gasteiger charge is -2.47. The van der Waals surface area contributed by atoms with Crippen LogP contribution in [0.2, 0.25) is 0 Å². The van der Waals surface area contributed by atoms with Gasteiger partial charge in [0.1, 0.15) is 36.4 Å². The number of fused-ring (bicyclic) bond motifs is 2. The van der Waals surface area contributed by atoms with E-state index >= 15 is 22.0 Å². The normalized spacial score (nSPS) is 17.5. The molecule has 2 bridgehead atoms. The van der Waals surface area contributed by atoms with E-state index in [0.717, 1.165) is 64.4 Å². The molecular formula is C64H73F10N13O10. The molecule has 2 unspecified atom stereocenters. The molecule has 3 saturated heterocycles. The fourth-order valence-corrected chi connectivity index (χ4v) is 11.4. The monoisotopic (exact) mass is 1370 g/mol. The van der Waals surface area contributed by atoms with Crippen LogP contribution in [-0.2, 0) is 57.5 Å². The zero-order valence-electron chi connectivity index (χ0n) is 53.7. The number of hydrogen-bond donors (Lipinski definition) is 5. The topological polar surface area (TPSA) is 270 Å². The standard InChI is InChI=1S/C64H73F10N13O10/c1-61(2,63(69,70)71)52(79-59(92)94-6)54(89)78-49(24-38-16-13-36(14-17-38)15-18-39-27-76-58(77-28-39)84-29-41-19-20-42(30-84)87(41)43-34-96-35-43)50(97-51(88)33-83(5)56(91)47(75)23-37-11-9-8-10-12-37)32-85(82-55(90)53(80-60(93)95-7)62(3,4)64(72,73)74)31-44-45(65)25-40(26-46(44)66)48-21-22-86(81-48)57(67)68/h8-14,16-17,21-22,25-28,41-43,47,49-50,52-53,57H,19-20,23-24,29-35,75H2,1-7H3,(H,78,89)(H,79,92)(H,80,93)(H,82,90)/t41?,42?,47-,49-,50-,52+,53+/m0/s1. The number of benzene rings is 3. The number of methoxy groups -OCH3 is 2. The minimum atomic E-state index is -5.33. The molecule has 8 rings (SSSR count). The van der Waals surface area contributed by atoms with Crippen LogP contribution >= 0.6 is 0 Å². The Bertz CT molecular complexity index is 3630. The number of nitrogens with zero attached hydrogens (tertiary/aromatic N) is 8. The average Bonchev–Trinajstić information content (AvgIpc) is 1.21. The van der Waals surface area contributed by atoms with E-state index in [0.29, 0.717) is 98.8 Å². The number of carbonyl (C=O) groups excluding carboxylic acids is 6. The summed E-state index contributed by atoms with van der Waals surface area (Å²) in [5.74, 6) is -2.13. The van der Waals surface area contributed by atoms with Crippen LogP contribution in [0, 0.1) is 34.3 Å². The molecule has 3 aliphatic rings. The number of esters is 1. The summed E-state index contributed by atoms with van der Waals surface area (Å²) in [4.78, 5) is 97.8. The number of hydrogen-bond acceptors (Lipinski definition) is 17. The van der Waals surface area contributed by atoms with E-state index in [1.165, 1.54) is 24.3 Å². The quantitative estimate of drug-likeness (QED) is 0.0136. The van der Waals surface area contributed by atoms with Crippen LogP contribution < -0.4 is 32.0 Å². The highest BCUT2D eigenvalue weighted by molar-refractivity contribution is 5.88. The van der Waals surface area contributed by atoms with Gasteiger partial charge in [0.05, 0.1) is 74.2 Å². The number of piperazine rings is 1. The summed E-state index contributed by atoms with van der Waals surface area (Å²) in [5, 5.41) is 10.1. The predicted molar refractivity (Wildman–Crippen MR) is 327 cm³/mol. The second kappa shape index (κ2) is 30.9. The number of nitrogens with one attached hydrogen (secondary N) is 4. The number of likely N-dealkylation sites (N-methyl/N-ethyl adjacent to an activating group) is 1. The van der Waals surface area contributed by atoms with Gasteiger partial charge in [0, 0.05) is 74.0 Å². The SMILES string of the molecule is COC(=O)N[C@H](C(=O)N[C@@H](Cc1ccc(C#Cc2cnc(N3CC4CCC(C3)N4C3COC3)nc2)cc1)[C@H](CN(Cc1c(F)cc(-c2ccn(C(F)F)n2)cc1F)NC(=O)[C@@H](NC(=O)OC)C(C)(C)C(F)(F)F)OC(=O)CN(C)C(=O)[C@@H](N)Cc1ccccc1)C(C)(C)C(F)(F)F. The Morgan fingerprint density at radius 1 is 0.732 bits per heavy atom. The Morgan fingerprint density at radius 3 is 1.79 bits per heavy atom. The van der Waals surface area contributed by atoms with Gasteiger partial charge in [-0.1, -0.05) is 54.3 Å². The predicted octanol–water partition coefficient (Wildman–Crippen LogP) is 6.59. The maximum absolute atomic E-state index is 16.6. The van der Waals surface area contributed by atoms with Gasteiger partial charge in [-0.05, 0) is 94.8 Å². The summed E-state index contributed by atoms with van der Waals surface area (Å²) in [6.45, 7) is -1.65. The summed E-state index contributed by atoms with van der Waals surface area (Å²) in [7, 11) is 2.69. The number of halogens is 10. The van der Waals surface area contributed by atoms with Crippen molar-refractivity contribution in [2.45, 2.75) is 127 Å². The molecule has 5 amide bonds. The van der Waals surface area contributed by atoms with Crippen molar-refractivity contribution in [2.75, 3.05) is 65.6 Å². The van der Waals surface area contributed by atoms with Crippen LogP contribution in [0.3, 0.4) is 0 Å². The lowest BCUT2D eigenvalue weighted by atomic mass is 9.82. The Balaban J connectivity index is 1.19. The molecule has 5 aromatic rings. The van der Waals surface area contributed by atoms with Gasteiger partial charge in [-0.25, -0.2) is 38.0 Å². The number of ether oxygens (including phenoxy) is 4. The van der Waals surface area contributed by atoms with Gasteiger partial charge < -0.3 is 50.4 Å². The minimum absolute atomic E-state index is 0.0362. The molecule has 6 N–H and O–H groups in total. The largest absolute Gasteiger partial charge is 0.457 e. The first-order valence-electron chi connectivity index (χ1n) is 30.4. The number of nitrogens with two attached hydrogens (primary N) is 1. The molecule has 23 nitrogen and oxygen atoms in total. The van der Waals surface area contributed by atoms with E-state index in [-0.39, 0.29) is 22.4 Å². The van der Waals surface area contributed by atoms with E-state index in [1.54, 1.807) is 48.0 Å². The van der Waals surface area contributed by atoms with Crippen molar-refractivity contribution in [2.24, 2.45) is 16.6 Å². The fourth-order valence-electron chi connectivity index (χ4n) is 11.4. The van der Waals surface area contributed by atoms with Gasteiger partial charge in [0.25, 0.3) is 5.91 Å². The number of amides is 5. The third-order valence-corrected chi connectivity index (χ3v) is 17.3. The van der Waals surface area contributed by atoms with Crippen LogP contribution in [0.4, 0.5) is 59.4 Å². The van der Waals surface area contributed by atoms with Gasteiger partial charge >= 0.3 is 37.1 Å². The van der Waals surface area contributed by atoms with Crippen molar-refractivity contribution < 1.29 is 91.6 Å². The van der Waals surface area contributed by atoms with Gasteiger partial charge in [0.15, 0.2) is 0 Å². The summed E-state index contributed by atoms with van der Waals surface area (Å²) >= 11 is 0. The number of hydrazine groups is 1. The number of anilines is 1. The molecule has 3 aliphatic heterocycles. The Hall–Kier alpha value is -9.13. The lowest BCUT2D eigenvalue weighted by molar-refractivity contribution is -0.221. The van der Waals surface area contributed by atoms with E-state index in [1.807, 2.05) is 5.32 Å². The minimum Gasteiger partial charge on any atom is -0.457 e. The van der Waals surface area contributed by atoms with E-state index in [2.05, 4.69) is 56.9 Å². The van der Waals surface area contributed by atoms with Crippen molar-refractivity contribution >= 4 is 41.8 Å². The molecule has 33 heteroatoms. The first kappa shape index (κ1) is 73.7. The Morgan fingerprint density at radius 2 is 1.28 bits per heavy atom. The highest BCUT2D eigenvalue weighted by Crippen LogP contribution is 2.42. The highest BCUT2D eigenvalue weighted by atomic mass is 19.4. The molecule has 0 aliphatic carbocycles. The Kier molecular flexibility index (Phi) is 23.5. The molecule has 7 atom stereocenters. The third-order valence-electron chi connectivity index (χ3n) is 17.3. The number of aromatic nitrogens is 4. The van der Waals surface area contributed by atoms with E-state index < -0.39 is 145 Å². The number of alkyl halides is 8. The zero-order valence-corrected chi connectivity index (χ0v) is 53.7. The number of alkyl carbamates (subject to hydrolysis) is 2. The molecule has 3 fully saturated rings. The van der Waals surface area contributed by atoms with Crippen molar-refractivity contribution in [1.82, 2.24) is 55.9 Å². The second-order valence-corrected chi connectivity index (χ2v) is 24.8. The molecule has 0 saturated carbocycles. The number of rotatable bonds is 25. The Labute approximate surface area is 551 Å². The van der Waals surface area contributed by atoms with Crippen molar-refractivity contribution in [3.05, 3.63) is 131 Å². The van der Waals surface area contributed by atoms with E-state index in [4.69, 9.17) is 15.2 Å². The van der Waals surface area contributed by atoms with Gasteiger partial charge in [-0.3, -0.25) is 29.5 Å². The smallest absolute Gasteiger partial charge is 0.407 e. The lowest BCUT2D eigenvalue weighted by Crippen LogP contribution is -2.64. The van der Waals surface area contributed by atoms with Gasteiger partial charge in [-0.15, -0.1) is 0 Å². The fraction of sp³-hybridized carbons (Fsp3) is 0.484. The van der Waals surface area contributed by atoms with Crippen molar-refractivity contribution in [3.8, 4) is 23.1 Å². The van der Waals surface area contributed by atoms with Crippen molar-refractivity contribution in [3.63, 3.8) is 0 Å². The zero-order chi connectivity index (χ0) is 70.9. The molecule has 97 heavy (non-hydrogen) atoms. The first-order chi connectivity index (χ1) is 45.7. The molecule has 3 aromatic carbocycles. The van der Waals surface area contributed by atoms with E-state index in [9.17, 15) is 50.7 Å². The molecule has 524 valence electrons. The van der Waals surface area contributed by atoms with Crippen LogP contribution in [0.15, 0.2) is 91.4 Å². The average molecular weight is 1370 g/mol. The summed E-state index contributed by atoms with van der Waals surface area (Å²) in [6.07, 6.45) is -10.5. The van der Waals surface area contributed by atoms with Crippen LogP contribution in [0.25, 0.3) is 11.3 Å². The highest BCUT2D eigenvalue weighted by Gasteiger charge is 2.58. The first-order valence-corrected chi connectivity index (χ1v) is 30.4.